The van der Waals surface area contributed by atoms with Crippen LogP contribution in [0.3, 0.4) is 0 Å². The Hall–Kier alpha value is -1.17. The Bertz CT molecular complexity index is 910. The van der Waals surface area contributed by atoms with Crippen LogP contribution >= 0.6 is 0 Å². The summed E-state index contributed by atoms with van der Waals surface area (Å²) in [6.45, 7) is 15.4. The van der Waals surface area contributed by atoms with E-state index in [-0.39, 0.29) is 12.3 Å². The molecule has 0 aromatic carbocycles. The molecule has 4 aliphatic rings. The van der Waals surface area contributed by atoms with Gasteiger partial charge >= 0.3 is 0 Å². The quantitative estimate of drug-likeness (QED) is 0.196. The van der Waals surface area contributed by atoms with E-state index >= 15 is 0 Å². The zero-order valence-corrected chi connectivity index (χ0v) is 26.0. The minimum atomic E-state index is -0.0766. The van der Waals surface area contributed by atoms with Gasteiger partial charge in [-0.2, -0.15) is 0 Å². The summed E-state index contributed by atoms with van der Waals surface area (Å²) >= 11 is 0. The molecule has 5 N–H and O–H groups in total. The molecule has 0 spiro atoms. The van der Waals surface area contributed by atoms with Gasteiger partial charge in [-0.15, -0.1) is 0 Å². The number of aliphatic hydroxyl groups is 1. The fraction of sp³-hybridized carbons (Fsp3) is 0.853. The highest BCUT2D eigenvalue weighted by Gasteiger charge is 2.59. The van der Waals surface area contributed by atoms with Crippen molar-refractivity contribution in [2.75, 3.05) is 6.54 Å². The van der Waals surface area contributed by atoms with Gasteiger partial charge in [0.2, 0.25) is 0 Å². The molecule has 5 heteroatoms. The molecule has 39 heavy (non-hydrogen) atoms. The SMILES string of the molecule is CC(C)CCC[C@@H](C)[C@H]1CC[C@H]2[C@@H]3CC=C4C[C@@H](O)CC[C@]4(C)[C@H]3CC[C@]12C.CC(N)NCCc1c[nH]cn1. The summed E-state index contributed by atoms with van der Waals surface area (Å²) in [5, 5.41) is 13.3. The minimum absolute atomic E-state index is 0.0638. The second-order valence-corrected chi connectivity index (χ2v) is 14.7. The number of H-pyrrole nitrogens is 1. The van der Waals surface area contributed by atoms with E-state index in [1.807, 2.05) is 13.1 Å². The Kier molecular flexibility index (Phi) is 10.4. The molecule has 5 nitrogen and oxygen atoms in total. The lowest BCUT2D eigenvalue weighted by Gasteiger charge is -2.58. The summed E-state index contributed by atoms with van der Waals surface area (Å²) in [6, 6.07) is 0. The highest BCUT2D eigenvalue weighted by Crippen LogP contribution is 2.67. The number of aromatic nitrogens is 2. The third kappa shape index (κ3) is 7.01. The molecule has 0 bridgehead atoms. The molecule has 222 valence electrons. The molecule has 0 saturated heterocycles. The van der Waals surface area contributed by atoms with Crippen molar-refractivity contribution < 1.29 is 5.11 Å². The van der Waals surface area contributed by atoms with E-state index in [0.717, 1.165) is 67.0 Å². The van der Waals surface area contributed by atoms with Gasteiger partial charge in [-0.05, 0) is 105 Å². The fourth-order valence-electron chi connectivity index (χ4n) is 9.52. The number of aromatic amines is 1. The van der Waals surface area contributed by atoms with Crippen LogP contribution in [0.5, 0.6) is 0 Å². The smallest absolute Gasteiger partial charge is 0.0923 e. The molecule has 0 aliphatic heterocycles. The average Bonchev–Trinajstić information content (AvgIpc) is 3.52. The molecule has 1 heterocycles. The largest absolute Gasteiger partial charge is 0.393 e. The summed E-state index contributed by atoms with van der Waals surface area (Å²) < 4.78 is 0. The van der Waals surface area contributed by atoms with Crippen molar-refractivity contribution in [3.8, 4) is 0 Å². The van der Waals surface area contributed by atoms with Gasteiger partial charge in [0.05, 0.1) is 24.3 Å². The molecule has 3 fully saturated rings. The summed E-state index contributed by atoms with van der Waals surface area (Å²) in [4.78, 5) is 6.97. The molecular formula is C34H60N4O. The van der Waals surface area contributed by atoms with Gasteiger partial charge in [0.25, 0.3) is 0 Å². The van der Waals surface area contributed by atoms with Crippen molar-refractivity contribution in [1.29, 1.82) is 0 Å². The van der Waals surface area contributed by atoms with E-state index in [2.05, 4.69) is 56.0 Å². The number of fused-ring (bicyclic) bond motifs is 5. The van der Waals surface area contributed by atoms with Crippen LogP contribution in [-0.4, -0.2) is 33.9 Å². The number of nitrogens with zero attached hydrogens (tertiary/aromatic N) is 1. The fourth-order valence-corrected chi connectivity index (χ4v) is 9.52. The standard InChI is InChI=1S/C27H46O.C7H14N4/c1-18(2)7-6-8-19(3)23-11-12-24-22-10-9-20-17-21(28)13-15-26(20,4)25(22)14-16-27(23,24)5;1-6(8)10-3-2-7-4-9-5-11-7/h9,18-19,21-25,28H,6-8,10-17H2,1-5H3;4-6,10H,2-3,8H2,1H3,(H,9,11)/t19-,21+,22+,23-,24+,25+,26+,27-;/m1./s1. The molecule has 0 radical (unpaired) electrons. The van der Waals surface area contributed by atoms with Crippen LogP contribution in [0.4, 0.5) is 0 Å². The summed E-state index contributed by atoms with van der Waals surface area (Å²) in [5.41, 5.74) is 9.16. The van der Waals surface area contributed by atoms with Crippen molar-refractivity contribution in [3.05, 3.63) is 29.9 Å². The highest BCUT2D eigenvalue weighted by atomic mass is 16.3. The van der Waals surface area contributed by atoms with Crippen molar-refractivity contribution in [2.45, 2.75) is 131 Å². The highest BCUT2D eigenvalue weighted by molar-refractivity contribution is 5.25. The zero-order chi connectivity index (χ0) is 28.2. The zero-order valence-electron chi connectivity index (χ0n) is 26.0. The van der Waals surface area contributed by atoms with Gasteiger partial charge in [0, 0.05) is 19.2 Å². The molecule has 1 unspecified atom stereocenters. The third-order valence-electron chi connectivity index (χ3n) is 11.7. The Morgan fingerprint density at radius 1 is 1.08 bits per heavy atom. The van der Waals surface area contributed by atoms with Crippen LogP contribution in [0.25, 0.3) is 0 Å². The van der Waals surface area contributed by atoms with Gasteiger partial charge in [-0.25, -0.2) is 4.98 Å². The lowest BCUT2D eigenvalue weighted by Crippen LogP contribution is -2.50. The van der Waals surface area contributed by atoms with Crippen LogP contribution in [0.15, 0.2) is 24.2 Å². The third-order valence-corrected chi connectivity index (χ3v) is 11.7. The lowest BCUT2D eigenvalue weighted by atomic mass is 9.47. The predicted octanol–water partition coefficient (Wildman–Crippen LogP) is 7.24. The van der Waals surface area contributed by atoms with Gasteiger partial charge in [0.1, 0.15) is 0 Å². The number of nitrogens with two attached hydrogens (primary N) is 1. The number of aliphatic hydroxyl groups excluding tert-OH is 1. The van der Waals surface area contributed by atoms with Crippen LogP contribution in [0.1, 0.15) is 118 Å². The van der Waals surface area contributed by atoms with E-state index in [0.29, 0.717) is 10.8 Å². The first-order valence-electron chi connectivity index (χ1n) is 16.4. The number of hydrogen-bond donors (Lipinski definition) is 4. The molecule has 9 atom stereocenters. The second-order valence-electron chi connectivity index (χ2n) is 14.7. The van der Waals surface area contributed by atoms with Crippen molar-refractivity contribution >= 4 is 0 Å². The maximum Gasteiger partial charge on any atom is 0.0923 e. The molecule has 1 aromatic heterocycles. The first-order chi connectivity index (χ1) is 18.5. The Morgan fingerprint density at radius 3 is 2.56 bits per heavy atom. The monoisotopic (exact) mass is 540 g/mol. The number of allylic oxidation sites excluding steroid dienone is 1. The molecular weight excluding hydrogens is 480 g/mol. The van der Waals surface area contributed by atoms with Crippen molar-refractivity contribution in [3.63, 3.8) is 0 Å². The molecule has 1 aromatic rings. The number of hydrogen-bond acceptors (Lipinski definition) is 4. The van der Waals surface area contributed by atoms with E-state index in [1.54, 1.807) is 11.9 Å². The number of nitrogens with one attached hydrogen (secondary N) is 2. The Morgan fingerprint density at radius 2 is 1.87 bits per heavy atom. The van der Waals surface area contributed by atoms with Gasteiger partial charge in [-0.3, -0.25) is 0 Å². The van der Waals surface area contributed by atoms with E-state index in [9.17, 15) is 5.11 Å². The first-order valence-corrected chi connectivity index (χ1v) is 16.4. The van der Waals surface area contributed by atoms with E-state index < -0.39 is 0 Å². The van der Waals surface area contributed by atoms with Crippen LogP contribution < -0.4 is 11.1 Å². The Labute approximate surface area is 239 Å². The maximum atomic E-state index is 10.2. The van der Waals surface area contributed by atoms with Crippen molar-refractivity contribution in [2.24, 2.45) is 52.1 Å². The minimum Gasteiger partial charge on any atom is -0.393 e. The van der Waals surface area contributed by atoms with E-state index in [4.69, 9.17) is 5.73 Å². The Balaban J connectivity index is 0.000000270. The van der Waals surface area contributed by atoms with Crippen LogP contribution in [0, 0.1) is 46.3 Å². The normalized spacial score (nSPS) is 37.2. The topological polar surface area (TPSA) is 87.0 Å². The second kappa shape index (κ2) is 13.2. The number of imidazole rings is 1. The maximum absolute atomic E-state index is 10.2. The van der Waals surface area contributed by atoms with Crippen LogP contribution in [0.2, 0.25) is 0 Å². The summed E-state index contributed by atoms with van der Waals surface area (Å²) in [5.74, 6) is 5.46. The van der Waals surface area contributed by atoms with Gasteiger partial charge in [0.15, 0.2) is 0 Å². The van der Waals surface area contributed by atoms with Crippen molar-refractivity contribution in [1.82, 2.24) is 15.3 Å². The first kappa shape index (κ1) is 30.8. The molecule has 5 rings (SSSR count). The predicted molar refractivity (Wildman–Crippen MR) is 163 cm³/mol. The summed E-state index contributed by atoms with van der Waals surface area (Å²) in [6.07, 6.45) is 21.7. The van der Waals surface area contributed by atoms with E-state index in [1.165, 1.54) is 57.8 Å². The molecule has 4 aliphatic carbocycles. The van der Waals surface area contributed by atoms with Gasteiger partial charge < -0.3 is 21.1 Å². The van der Waals surface area contributed by atoms with Gasteiger partial charge in [-0.1, -0.05) is 65.5 Å². The van der Waals surface area contributed by atoms with Crippen LogP contribution in [-0.2, 0) is 6.42 Å². The average molecular weight is 541 g/mol. The lowest BCUT2D eigenvalue weighted by molar-refractivity contribution is -0.0573. The molecule has 0 amide bonds. The number of rotatable bonds is 9. The summed E-state index contributed by atoms with van der Waals surface area (Å²) in [7, 11) is 0. The molecule has 3 saturated carbocycles.